The van der Waals surface area contributed by atoms with Crippen LogP contribution in [-0.2, 0) is 10.3 Å². The Balaban J connectivity index is 2.81. The Labute approximate surface area is 84.9 Å². The van der Waals surface area contributed by atoms with Crippen LogP contribution in [0.15, 0.2) is 15.9 Å². The van der Waals surface area contributed by atoms with Crippen LogP contribution in [0.1, 0.15) is 11.8 Å². The van der Waals surface area contributed by atoms with E-state index in [1.165, 1.54) is 0 Å². The highest BCUT2D eigenvalue weighted by Crippen LogP contribution is 2.28. The maximum absolute atomic E-state index is 6.03. The van der Waals surface area contributed by atoms with Gasteiger partial charge in [-0.3, -0.25) is 0 Å². The minimum atomic E-state index is -0.370. The fourth-order valence-electron chi connectivity index (χ4n) is 0.984. The summed E-state index contributed by atoms with van der Waals surface area (Å²) in [4.78, 5) is 1.14. The van der Waals surface area contributed by atoms with Gasteiger partial charge in [0.15, 0.2) is 0 Å². The topological polar surface area (TPSA) is 35.2 Å². The molecule has 0 fully saturated rings. The van der Waals surface area contributed by atoms with Gasteiger partial charge in [0.25, 0.3) is 0 Å². The van der Waals surface area contributed by atoms with E-state index in [2.05, 4.69) is 15.9 Å². The molecule has 1 heterocycles. The van der Waals surface area contributed by atoms with Crippen LogP contribution in [0.5, 0.6) is 0 Å². The number of ether oxygens (including phenoxy) is 1. The number of hydrogen-bond acceptors (Lipinski definition) is 3. The summed E-state index contributed by atoms with van der Waals surface area (Å²) in [6, 6.07) is 2.03. The van der Waals surface area contributed by atoms with Crippen LogP contribution >= 0.6 is 27.3 Å². The molecule has 0 saturated heterocycles. The molecule has 0 aliphatic rings. The van der Waals surface area contributed by atoms with Crippen molar-refractivity contribution in [2.24, 2.45) is 5.73 Å². The van der Waals surface area contributed by atoms with Crippen LogP contribution in [-0.4, -0.2) is 13.7 Å². The fourth-order valence-corrected chi connectivity index (χ4v) is 2.48. The number of thiophene rings is 1. The van der Waals surface area contributed by atoms with E-state index in [4.69, 9.17) is 10.5 Å². The lowest BCUT2D eigenvalue weighted by Gasteiger charge is -2.21. The molecule has 12 heavy (non-hydrogen) atoms. The minimum absolute atomic E-state index is 0.370. The van der Waals surface area contributed by atoms with Gasteiger partial charge < -0.3 is 10.5 Å². The van der Waals surface area contributed by atoms with E-state index < -0.39 is 0 Å². The Kier molecular flexibility index (Phi) is 3.29. The summed E-state index contributed by atoms with van der Waals surface area (Å²) in [5, 5.41) is 2.02. The van der Waals surface area contributed by atoms with E-state index in [0.717, 1.165) is 9.35 Å². The maximum Gasteiger partial charge on any atom is 0.0712 e. The average Bonchev–Trinajstić information content (AvgIpc) is 2.36. The Morgan fingerprint density at radius 3 is 2.83 bits per heavy atom. The summed E-state index contributed by atoms with van der Waals surface area (Å²) in [5.41, 5.74) is 5.66. The quantitative estimate of drug-likeness (QED) is 0.893. The summed E-state index contributed by atoms with van der Waals surface area (Å²) >= 11 is 5.03. The van der Waals surface area contributed by atoms with Crippen molar-refractivity contribution < 1.29 is 4.74 Å². The van der Waals surface area contributed by atoms with Gasteiger partial charge in [0, 0.05) is 21.8 Å². The first kappa shape index (κ1) is 10.2. The second kappa shape index (κ2) is 3.87. The van der Waals surface area contributed by atoms with E-state index in [-0.39, 0.29) is 5.54 Å². The molecular weight excluding hydrogens is 238 g/mol. The molecule has 0 radical (unpaired) electrons. The number of halogens is 1. The van der Waals surface area contributed by atoms with E-state index in [1.807, 2.05) is 18.4 Å². The molecule has 1 aromatic rings. The molecule has 4 heteroatoms. The molecule has 2 N–H and O–H groups in total. The van der Waals surface area contributed by atoms with Gasteiger partial charge in [-0.05, 0) is 28.9 Å². The molecule has 1 rings (SSSR count). The van der Waals surface area contributed by atoms with Crippen molar-refractivity contribution in [2.45, 2.75) is 12.5 Å². The number of rotatable bonds is 3. The lowest BCUT2D eigenvalue weighted by molar-refractivity contribution is 0.142. The first-order valence-corrected chi connectivity index (χ1v) is 5.26. The lowest BCUT2D eigenvalue weighted by Crippen LogP contribution is -2.36. The highest BCUT2D eigenvalue weighted by atomic mass is 79.9. The molecule has 68 valence electrons. The van der Waals surface area contributed by atoms with Crippen LogP contribution in [0.25, 0.3) is 0 Å². The van der Waals surface area contributed by atoms with Crippen molar-refractivity contribution in [3.8, 4) is 0 Å². The van der Waals surface area contributed by atoms with Crippen molar-refractivity contribution in [3.05, 3.63) is 20.8 Å². The molecule has 0 aliphatic heterocycles. The van der Waals surface area contributed by atoms with Crippen molar-refractivity contribution in [3.63, 3.8) is 0 Å². The zero-order chi connectivity index (χ0) is 9.19. The van der Waals surface area contributed by atoms with Gasteiger partial charge in [-0.25, -0.2) is 0 Å². The second-order valence-corrected chi connectivity index (χ2v) is 4.81. The molecule has 0 spiro atoms. The zero-order valence-corrected chi connectivity index (χ0v) is 9.54. The Morgan fingerprint density at radius 1 is 1.75 bits per heavy atom. The zero-order valence-electron chi connectivity index (χ0n) is 7.13. The number of hydrogen-bond donors (Lipinski definition) is 1. The lowest BCUT2D eigenvalue weighted by atomic mass is 10.0. The van der Waals surface area contributed by atoms with E-state index in [0.29, 0.717) is 6.61 Å². The van der Waals surface area contributed by atoms with Crippen LogP contribution < -0.4 is 5.73 Å². The monoisotopic (exact) mass is 249 g/mol. The molecule has 2 nitrogen and oxygen atoms in total. The van der Waals surface area contributed by atoms with Crippen LogP contribution in [0.2, 0.25) is 0 Å². The predicted molar refractivity (Wildman–Crippen MR) is 55.4 cm³/mol. The second-order valence-electron chi connectivity index (χ2n) is 2.98. The molecule has 1 unspecified atom stereocenters. The van der Waals surface area contributed by atoms with E-state index >= 15 is 0 Å². The molecule has 0 amide bonds. The summed E-state index contributed by atoms with van der Waals surface area (Å²) < 4.78 is 6.12. The Hall–Kier alpha value is 0.1000. The molecular formula is C8H12BrNOS. The third kappa shape index (κ3) is 2.29. The van der Waals surface area contributed by atoms with Crippen LogP contribution in [0, 0.1) is 0 Å². The molecule has 0 aliphatic carbocycles. The smallest absolute Gasteiger partial charge is 0.0712 e. The third-order valence-electron chi connectivity index (χ3n) is 1.57. The number of methoxy groups -OCH3 is 1. The normalized spacial score (nSPS) is 16.0. The fraction of sp³-hybridized carbons (Fsp3) is 0.500. The Bertz CT molecular complexity index is 259. The van der Waals surface area contributed by atoms with E-state index in [9.17, 15) is 0 Å². The van der Waals surface area contributed by atoms with Gasteiger partial charge >= 0.3 is 0 Å². The van der Waals surface area contributed by atoms with Gasteiger partial charge in [-0.2, -0.15) is 0 Å². The summed E-state index contributed by atoms with van der Waals surface area (Å²) in [6.45, 7) is 2.51. The van der Waals surface area contributed by atoms with Crippen molar-refractivity contribution in [1.82, 2.24) is 0 Å². The van der Waals surface area contributed by atoms with E-state index in [1.54, 1.807) is 18.4 Å². The third-order valence-corrected chi connectivity index (χ3v) is 3.55. The van der Waals surface area contributed by atoms with Crippen molar-refractivity contribution in [2.75, 3.05) is 13.7 Å². The van der Waals surface area contributed by atoms with Crippen molar-refractivity contribution >= 4 is 27.3 Å². The summed E-state index contributed by atoms with van der Waals surface area (Å²) in [5.74, 6) is 0. The SMILES string of the molecule is COCC(C)(N)c1cc(Br)cs1. The molecule has 0 aromatic carbocycles. The van der Waals surface area contributed by atoms with Gasteiger partial charge in [-0.1, -0.05) is 0 Å². The summed E-state index contributed by atoms with van der Waals surface area (Å²) in [7, 11) is 1.66. The van der Waals surface area contributed by atoms with Crippen molar-refractivity contribution in [1.29, 1.82) is 0 Å². The number of nitrogens with two attached hydrogens (primary N) is 1. The summed E-state index contributed by atoms with van der Waals surface area (Å²) in [6.07, 6.45) is 0. The van der Waals surface area contributed by atoms with Gasteiger partial charge in [0.2, 0.25) is 0 Å². The molecule has 0 bridgehead atoms. The van der Waals surface area contributed by atoms with Crippen LogP contribution in [0.4, 0.5) is 0 Å². The highest BCUT2D eigenvalue weighted by Gasteiger charge is 2.22. The van der Waals surface area contributed by atoms with Gasteiger partial charge in [-0.15, -0.1) is 11.3 Å². The first-order valence-electron chi connectivity index (χ1n) is 3.58. The largest absolute Gasteiger partial charge is 0.382 e. The highest BCUT2D eigenvalue weighted by molar-refractivity contribution is 9.10. The van der Waals surface area contributed by atoms with Gasteiger partial charge in [0.1, 0.15) is 0 Å². The van der Waals surface area contributed by atoms with Crippen LogP contribution in [0.3, 0.4) is 0 Å². The molecule has 1 atom stereocenters. The average molecular weight is 250 g/mol. The maximum atomic E-state index is 6.03. The minimum Gasteiger partial charge on any atom is -0.382 e. The Morgan fingerprint density at radius 2 is 2.42 bits per heavy atom. The van der Waals surface area contributed by atoms with Gasteiger partial charge in [0.05, 0.1) is 12.1 Å². The molecule has 0 saturated carbocycles. The first-order chi connectivity index (χ1) is 5.56. The standard InChI is InChI=1S/C8H12BrNOS/c1-8(10,5-11-2)7-3-6(9)4-12-7/h3-4H,5,10H2,1-2H3. The molecule has 1 aromatic heterocycles. The predicted octanol–water partition coefficient (Wildman–Crippen LogP) is 2.33.